The van der Waals surface area contributed by atoms with Crippen LogP contribution in [0.5, 0.6) is 0 Å². The Balaban J connectivity index is 2.41. The lowest BCUT2D eigenvalue weighted by atomic mass is 9.80. The molecule has 0 aromatic heterocycles. The van der Waals surface area contributed by atoms with Crippen LogP contribution in [-0.2, 0) is 4.79 Å². The minimum atomic E-state index is -2.89. The van der Waals surface area contributed by atoms with Gasteiger partial charge in [0.05, 0.1) is 0 Å². The summed E-state index contributed by atoms with van der Waals surface area (Å²) in [6.07, 6.45) is -0.237. The highest BCUT2D eigenvalue weighted by atomic mass is 19.3. The Morgan fingerprint density at radius 3 is 2.33 bits per heavy atom. The second-order valence-corrected chi connectivity index (χ2v) is 5.38. The molecule has 0 aliphatic heterocycles. The van der Waals surface area contributed by atoms with Crippen molar-refractivity contribution in [2.24, 2.45) is 11.3 Å². The summed E-state index contributed by atoms with van der Waals surface area (Å²) >= 11 is 0. The molecule has 0 aromatic carbocycles. The average molecular weight is 219 g/mol. The average Bonchev–Trinajstić information content (AvgIpc) is 2.51. The molecule has 1 aliphatic rings. The fraction of sp³-hybridized carbons (Fsp3) is 0.909. The zero-order valence-corrected chi connectivity index (χ0v) is 9.52. The lowest BCUT2D eigenvalue weighted by Crippen LogP contribution is -2.37. The van der Waals surface area contributed by atoms with Crippen molar-refractivity contribution in [3.63, 3.8) is 0 Å². The van der Waals surface area contributed by atoms with Crippen LogP contribution in [0.3, 0.4) is 0 Å². The Hall–Kier alpha value is -0.670. The fourth-order valence-corrected chi connectivity index (χ4v) is 2.16. The van der Waals surface area contributed by atoms with Crippen molar-refractivity contribution in [3.8, 4) is 0 Å². The zero-order valence-electron chi connectivity index (χ0n) is 9.52. The molecule has 0 unspecified atom stereocenters. The van der Waals surface area contributed by atoms with Crippen LogP contribution in [0.2, 0.25) is 0 Å². The van der Waals surface area contributed by atoms with Gasteiger partial charge in [0, 0.05) is 6.04 Å². The van der Waals surface area contributed by atoms with E-state index in [0.29, 0.717) is 5.92 Å². The summed E-state index contributed by atoms with van der Waals surface area (Å²) in [6, 6.07) is -0.0595. The van der Waals surface area contributed by atoms with Gasteiger partial charge in [-0.2, -0.15) is 8.78 Å². The van der Waals surface area contributed by atoms with Gasteiger partial charge in [0.1, 0.15) is 0 Å². The first kappa shape index (κ1) is 12.4. The number of alkyl halides is 2. The van der Waals surface area contributed by atoms with Gasteiger partial charge in [0.25, 0.3) is 5.91 Å². The van der Waals surface area contributed by atoms with E-state index >= 15 is 0 Å². The third-order valence-corrected chi connectivity index (χ3v) is 3.20. The van der Waals surface area contributed by atoms with Gasteiger partial charge < -0.3 is 5.32 Å². The SMILES string of the molecule is CC(C)(C)[C@@H]1CC[C@H](NC(=O)C(F)F)C1. The molecule has 1 N–H and O–H groups in total. The van der Waals surface area contributed by atoms with Crippen molar-refractivity contribution in [3.05, 3.63) is 0 Å². The van der Waals surface area contributed by atoms with Gasteiger partial charge in [0.2, 0.25) is 0 Å². The van der Waals surface area contributed by atoms with Gasteiger partial charge >= 0.3 is 6.43 Å². The van der Waals surface area contributed by atoms with E-state index < -0.39 is 12.3 Å². The maximum Gasteiger partial charge on any atom is 0.315 e. The molecule has 0 bridgehead atoms. The molecule has 15 heavy (non-hydrogen) atoms. The highest BCUT2D eigenvalue weighted by molar-refractivity contribution is 5.79. The summed E-state index contributed by atoms with van der Waals surface area (Å²) in [4.78, 5) is 10.8. The van der Waals surface area contributed by atoms with Crippen molar-refractivity contribution >= 4 is 5.91 Å². The molecule has 1 fully saturated rings. The van der Waals surface area contributed by atoms with Crippen molar-refractivity contribution < 1.29 is 13.6 Å². The molecule has 0 spiro atoms. The van der Waals surface area contributed by atoms with E-state index in [1.54, 1.807) is 0 Å². The highest BCUT2D eigenvalue weighted by Gasteiger charge is 2.34. The number of nitrogens with one attached hydrogen (secondary N) is 1. The van der Waals surface area contributed by atoms with Crippen LogP contribution in [0.25, 0.3) is 0 Å². The van der Waals surface area contributed by atoms with Crippen LogP contribution in [-0.4, -0.2) is 18.4 Å². The second-order valence-electron chi connectivity index (χ2n) is 5.38. The number of halogens is 2. The van der Waals surface area contributed by atoms with E-state index in [9.17, 15) is 13.6 Å². The van der Waals surface area contributed by atoms with Gasteiger partial charge in [-0.25, -0.2) is 0 Å². The van der Waals surface area contributed by atoms with E-state index in [4.69, 9.17) is 0 Å². The molecule has 0 heterocycles. The molecule has 2 nitrogen and oxygen atoms in total. The Bertz CT molecular complexity index is 235. The molecule has 0 aromatic rings. The standard InChI is InChI=1S/C11H19F2NO/c1-11(2,3)7-4-5-8(6-7)14-10(15)9(12)13/h7-9H,4-6H2,1-3H3,(H,14,15)/t7-,8+/m1/s1. The number of amides is 1. The molecule has 4 heteroatoms. The van der Waals surface area contributed by atoms with Crippen molar-refractivity contribution in [1.29, 1.82) is 0 Å². The lowest BCUT2D eigenvalue weighted by molar-refractivity contribution is -0.132. The van der Waals surface area contributed by atoms with Crippen molar-refractivity contribution in [1.82, 2.24) is 5.32 Å². The number of hydrogen-bond donors (Lipinski definition) is 1. The first-order valence-corrected chi connectivity index (χ1v) is 5.39. The van der Waals surface area contributed by atoms with Crippen LogP contribution in [0.4, 0.5) is 8.78 Å². The molecule has 0 radical (unpaired) electrons. The molecule has 88 valence electrons. The third-order valence-electron chi connectivity index (χ3n) is 3.20. The van der Waals surface area contributed by atoms with Crippen LogP contribution in [0, 0.1) is 11.3 Å². The quantitative estimate of drug-likeness (QED) is 0.760. The van der Waals surface area contributed by atoms with Crippen LogP contribution < -0.4 is 5.32 Å². The predicted octanol–water partition coefficient (Wildman–Crippen LogP) is 2.58. The summed E-state index contributed by atoms with van der Waals surface area (Å²) in [5.41, 5.74) is 0.199. The van der Waals surface area contributed by atoms with E-state index in [2.05, 4.69) is 26.1 Å². The molecule has 1 saturated carbocycles. The first-order chi connectivity index (χ1) is 6.80. The van der Waals surface area contributed by atoms with Gasteiger partial charge in [-0.1, -0.05) is 20.8 Å². The minimum Gasteiger partial charge on any atom is -0.348 e. The largest absolute Gasteiger partial charge is 0.348 e. The third kappa shape index (κ3) is 3.43. The number of rotatable bonds is 2. The molecular weight excluding hydrogens is 200 g/mol. The Kier molecular flexibility index (Phi) is 3.68. The van der Waals surface area contributed by atoms with Crippen LogP contribution in [0.1, 0.15) is 40.0 Å². The number of hydrogen-bond acceptors (Lipinski definition) is 1. The fourth-order valence-electron chi connectivity index (χ4n) is 2.16. The van der Waals surface area contributed by atoms with Gasteiger partial charge in [0.15, 0.2) is 0 Å². The smallest absolute Gasteiger partial charge is 0.315 e. The Morgan fingerprint density at radius 2 is 1.93 bits per heavy atom. The minimum absolute atomic E-state index is 0.0595. The summed E-state index contributed by atoms with van der Waals surface area (Å²) in [5, 5.41) is 2.39. The predicted molar refractivity (Wildman–Crippen MR) is 54.7 cm³/mol. The summed E-state index contributed by atoms with van der Waals surface area (Å²) < 4.78 is 24.0. The monoisotopic (exact) mass is 219 g/mol. The van der Waals surface area contributed by atoms with E-state index in [1.165, 1.54) is 0 Å². The second kappa shape index (κ2) is 4.45. The summed E-state index contributed by atoms with van der Waals surface area (Å²) in [5.74, 6) is -0.616. The molecule has 1 aliphatic carbocycles. The normalized spacial score (nSPS) is 27.1. The molecule has 0 saturated heterocycles. The molecular formula is C11H19F2NO. The number of carbonyl (C=O) groups excluding carboxylic acids is 1. The summed E-state index contributed by atoms with van der Waals surface area (Å²) in [6.45, 7) is 6.44. The number of carbonyl (C=O) groups is 1. The van der Waals surface area contributed by atoms with E-state index in [0.717, 1.165) is 19.3 Å². The van der Waals surface area contributed by atoms with Crippen molar-refractivity contribution in [2.45, 2.75) is 52.5 Å². The topological polar surface area (TPSA) is 29.1 Å². The van der Waals surface area contributed by atoms with Gasteiger partial charge in [-0.3, -0.25) is 4.79 Å². The van der Waals surface area contributed by atoms with Crippen molar-refractivity contribution in [2.75, 3.05) is 0 Å². The molecule has 2 atom stereocenters. The highest BCUT2D eigenvalue weighted by Crippen LogP contribution is 2.39. The van der Waals surface area contributed by atoms with Gasteiger partial charge in [-0.05, 0) is 30.6 Å². The van der Waals surface area contributed by atoms with Crippen LogP contribution >= 0.6 is 0 Å². The molecule has 1 rings (SSSR count). The van der Waals surface area contributed by atoms with E-state index in [-0.39, 0.29) is 11.5 Å². The van der Waals surface area contributed by atoms with Crippen LogP contribution in [0.15, 0.2) is 0 Å². The summed E-state index contributed by atoms with van der Waals surface area (Å²) in [7, 11) is 0. The Labute approximate surface area is 89.4 Å². The maximum atomic E-state index is 12.0. The van der Waals surface area contributed by atoms with Gasteiger partial charge in [-0.15, -0.1) is 0 Å². The molecule has 1 amide bonds. The Morgan fingerprint density at radius 1 is 1.33 bits per heavy atom. The maximum absolute atomic E-state index is 12.0. The lowest BCUT2D eigenvalue weighted by Gasteiger charge is -2.26. The van der Waals surface area contributed by atoms with E-state index in [1.807, 2.05) is 0 Å². The first-order valence-electron chi connectivity index (χ1n) is 5.39. The zero-order chi connectivity index (χ0) is 11.6.